The average molecular weight is 818 g/mol. The van der Waals surface area contributed by atoms with Crippen molar-refractivity contribution in [2.45, 2.75) is 24.7 Å². The summed E-state index contributed by atoms with van der Waals surface area (Å²) in [6, 6.07) is 3.21. The van der Waals surface area contributed by atoms with Crippen LogP contribution in [0.25, 0.3) is 22.3 Å². The monoisotopic (exact) mass is 814 g/mol. The van der Waals surface area contributed by atoms with E-state index in [-0.39, 0.29) is 64.4 Å². The molecule has 0 aromatic heterocycles. The SMILES string of the molecule is FC(F)(F)c1cc(Br)c(-c2cc(Br)c(-c3cc(C(F)(F)F)c(C(F)(F)F)cc3Br)cc2Br)cc1C(F)(F)F. The zero-order valence-electron chi connectivity index (χ0n) is 17.5. The van der Waals surface area contributed by atoms with Gasteiger partial charge in [0.1, 0.15) is 0 Å². The molecule has 3 aromatic rings. The summed E-state index contributed by atoms with van der Waals surface area (Å²) >= 11 is 11.8. The van der Waals surface area contributed by atoms with Gasteiger partial charge in [0, 0.05) is 17.9 Å². The summed E-state index contributed by atoms with van der Waals surface area (Å²) < 4.78 is 159. The highest BCUT2D eigenvalue weighted by Crippen LogP contribution is 2.49. The average Bonchev–Trinajstić information content (AvgIpc) is 2.72. The second kappa shape index (κ2) is 10.3. The largest absolute Gasteiger partial charge is 0.417 e. The van der Waals surface area contributed by atoms with E-state index in [0.717, 1.165) is 12.1 Å². The van der Waals surface area contributed by atoms with Gasteiger partial charge in [0.05, 0.1) is 22.3 Å². The fourth-order valence-electron chi connectivity index (χ4n) is 3.46. The van der Waals surface area contributed by atoms with E-state index in [0.29, 0.717) is 0 Å². The van der Waals surface area contributed by atoms with Gasteiger partial charge in [-0.05, 0) is 58.7 Å². The Morgan fingerprint density at radius 3 is 0.737 bits per heavy atom. The Balaban J connectivity index is 2.28. The van der Waals surface area contributed by atoms with Gasteiger partial charge in [-0.15, -0.1) is 0 Å². The zero-order valence-corrected chi connectivity index (χ0v) is 23.9. The van der Waals surface area contributed by atoms with Crippen molar-refractivity contribution < 1.29 is 52.7 Å². The van der Waals surface area contributed by atoms with Gasteiger partial charge < -0.3 is 0 Å². The van der Waals surface area contributed by atoms with E-state index in [1.165, 1.54) is 0 Å². The Morgan fingerprint density at radius 2 is 0.500 bits per heavy atom. The normalized spacial score (nSPS) is 13.3. The smallest absolute Gasteiger partial charge is 0.166 e. The predicted molar refractivity (Wildman–Crippen MR) is 128 cm³/mol. The van der Waals surface area contributed by atoms with Gasteiger partial charge in [-0.3, -0.25) is 0 Å². The molecule has 0 saturated carbocycles. The Kier molecular flexibility index (Phi) is 8.47. The van der Waals surface area contributed by atoms with E-state index < -0.39 is 47.0 Å². The summed E-state index contributed by atoms with van der Waals surface area (Å²) in [5, 5.41) is 0. The first-order chi connectivity index (χ1) is 17.0. The molecule has 206 valence electrons. The Bertz CT molecular complexity index is 1290. The molecule has 0 aliphatic rings. The summed E-state index contributed by atoms with van der Waals surface area (Å²) in [5.74, 6) is 0. The molecule has 0 bridgehead atoms. The van der Waals surface area contributed by atoms with Crippen molar-refractivity contribution in [3.05, 3.63) is 76.5 Å². The molecule has 3 aromatic carbocycles. The van der Waals surface area contributed by atoms with Crippen molar-refractivity contribution in [2.75, 3.05) is 0 Å². The Hall–Kier alpha value is -1.26. The van der Waals surface area contributed by atoms with Crippen LogP contribution >= 0.6 is 63.7 Å². The zero-order chi connectivity index (χ0) is 29.2. The number of alkyl halides is 12. The predicted octanol–water partition coefficient (Wildman–Crippen LogP) is 12.1. The van der Waals surface area contributed by atoms with Crippen LogP contribution in [0.1, 0.15) is 22.3 Å². The number of halogens is 16. The Morgan fingerprint density at radius 1 is 0.316 bits per heavy atom. The Labute approximate surface area is 238 Å². The quantitative estimate of drug-likeness (QED) is 0.226. The maximum atomic E-state index is 13.5. The van der Waals surface area contributed by atoms with Crippen molar-refractivity contribution >= 4 is 63.7 Å². The highest BCUT2D eigenvalue weighted by molar-refractivity contribution is 9.11. The third kappa shape index (κ3) is 6.38. The molecule has 0 nitrogen and oxygen atoms in total. The molecule has 0 saturated heterocycles. The molecule has 0 atom stereocenters. The van der Waals surface area contributed by atoms with Crippen molar-refractivity contribution in [3.63, 3.8) is 0 Å². The van der Waals surface area contributed by atoms with Crippen LogP contribution < -0.4 is 0 Å². The third-order valence-corrected chi connectivity index (χ3v) is 7.70. The second-order valence-corrected chi connectivity index (χ2v) is 11.0. The highest BCUT2D eigenvalue weighted by atomic mass is 79.9. The third-order valence-electron chi connectivity index (χ3n) is 5.07. The minimum absolute atomic E-state index is 0.0790. The standard InChI is InChI=1S/C22H6Br4F12/c23-15-4-10(8-2-12(20(30,31)32)14(6-18(8)26)22(36,37)38)16(24)3-9(15)7-1-11(19(27,28)29)13(5-17(7)25)21(33,34)35/h1-6H. The topological polar surface area (TPSA) is 0 Å². The molecule has 0 radical (unpaired) electrons. The molecule has 3 rings (SSSR count). The molecule has 0 spiro atoms. The van der Waals surface area contributed by atoms with Gasteiger partial charge in [0.2, 0.25) is 0 Å². The molecule has 38 heavy (non-hydrogen) atoms. The van der Waals surface area contributed by atoms with Crippen LogP contribution in [0, 0.1) is 0 Å². The van der Waals surface area contributed by atoms with E-state index in [1.807, 2.05) is 0 Å². The fourth-order valence-corrected chi connectivity index (χ4v) is 5.68. The van der Waals surface area contributed by atoms with E-state index >= 15 is 0 Å². The lowest BCUT2D eigenvalue weighted by Crippen LogP contribution is -2.17. The lowest BCUT2D eigenvalue weighted by atomic mass is 9.95. The van der Waals surface area contributed by atoms with Crippen molar-refractivity contribution in [3.8, 4) is 22.3 Å². The maximum Gasteiger partial charge on any atom is 0.417 e. The molecule has 0 aliphatic heterocycles. The van der Waals surface area contributed by atoms with Gasteiger partial charge in [-0.25, -0.2) is 0 Å². The second-order valence-electron chi connectivity index (χ2n) is 7.56. The first-order valence-electron chi connectivity index (χ1n) is 9.49. The van der Waals surface area contributed by atoms with E-state index in [4.69, 9.17) is 0 Å². The first-order valence-corrected chi connectivity index (χ1v) is 12.7. The molecular formula is C22H6Br4F12. The molecule has 0 unspecified atom stereocenters. The number of hydrogen-bond acceptors (Lipinski definition) is 0. The molecular weight excluding hydrogens is 812 g/mol. The molecule has 0 fully saturated rings. The van der Waals surface area contributed by atoms with E-state index in [1.54, 1.807) is 0 Å². The highest BCUT2D eigenvalue weighted by Gasteiger charge is 2.45. The molecule has 0 amide bonds. The minimum Gasteiger partial charge on any atom is -0.166 e. The van der Waals surface area contributed by atoms with Crippen molar-refractivity contribution in [2.24, 2.45) is 0 Å². The van der Waals surface area contributed by atoms with Crippen LogP contribution in [0.4, 0.5) is 52.7 Å². The van der Waals surface area contributed by atoms with Crippen LogP contribution in [-0.4, -0.2) is 0 Å². The summed E-state index contributed by atoms with van der Waals surface area (Å²) in [7, 11) is 0. The lowest BCUT2D eigenvalue weighted by Gasteiger charge is -2.20. The van der Waals surface area contributed by atoms with Crippen LogP contribution in [-0.2, 0) is 24.7 Å². The number of hydrogen-bond donors (Lipinski definition) is 0. The molecule has 0 heterocycles. The molecule has 0 aliphatic carbocycles. The van der Waals surface area contributed by atoms with Gasteiger partial charge in [0.15, 0.2) is 0 Å². The summed E-state index contributed by atoms with van der Waals surface area (Å²) in [6.45, 7) is 0. The minimum atomic E-state index is -5.39. The van der Waals surface area contributed by atoms with E-state index in [9.17, 15) is 52.7 Å². The number of benzene rings is 3. The van der Waals surface area contributed by atoms with Gasteiger partial charge in [0.25, 0.3) is 0 Å². The van der Waals surface area contributed by atoms with Gasteiger partial charge >= 0.3 is 24.7 Å². The van der Waals surface area contributed by atoms with Crippen LogP contribution in [0.15, 0.2) is 54.3 Å². The summed E-state index contributed by atoms with van der Waals surface area (Å²) in [5.41, 5.74) is -8.76. The van der Waals surface area contributed by atoms with Crippen LogP contribution in [0.2, 0.25) is 0 Å². The van der Waals surface area contributed by atoms with Gasteiger partial charge in [-0.1, -0.05) is 63.7 Å². The van der Waals surface area contributed by atoms with Crippen molar-refractivity contribution in [1.29, 1.82) is 0 Å². The lowest BCUT2D eigenvalue weighted by molar-refractivity contribution is -0.162. The molecule has 16 heteroatoms. The van der Waals surface area contributed by atoms with Gasteiger partial charge in [-0.2, -0.15) is 52.7 Å². The summed E-state index contributed by atoms with van der Waals surface area (Å²) in [6.07, 6.45) is -21.4. The maximum absolute atomic E-state index is 13.5. The van der Waals surface area contributed by atoms with Crippen LogP contribution in [0.5, 0.6) is 0 Å². The molecule has 0 N–H and O–H groups in total. The fraction of sp³-hybridized carbons (Fsp3) is 0.182. The van der Waals surface area contributed by atoms with Crippen molar-refractivity contribution in [1.82, 2.24) is 0 Å². The van der Waals surface area contributed by atoms with E-state index in [2.05, 4.69) is 63.7 Å². The summed E-state index contributed by atoms with van der Waals surface area (Å²) in [4.78, 5) is 0. The number of rotatable bonds is 2. The first kappa shape index (κ1) is 31.3. The van der Waals surface area contributed by atoms with Crippen LogP contribution in [0.3, 0.4) is 0 Å².